The van der Waals surface area contributed by atoms with E-state index in [0.29, 0.717) is 11.0 Å². The molecule has 1 aromatic heterocycles. The summed E-state index contributed by atoms with van der Waals surface area (Å²) in [6.07, 6.45) is -6.00. The molecule has 0 spiro atoms. The minimum atomic E-state index is -5.02. The molecule has 0 radical (unpaired) electrons. The van der Waals surface area contributed by atoms with E-state index in [2.05, 4.69) is 4.99 Å². The van der Waals surface area contributed by atoms with Gasteiger partial charge in [0, 0.05) is 13.1 Å². The number of carbonyl (C=O) groups excluding carboxylic acids is 1. The molecule has 10 nitrogen and oxygen atoms in total. The van der Waals surface area contributed by atoms with Gasteiger partial charge in [0.25, 0.3) is 5.56 Å². The summed E-state index contributed by atoms with van der Waals surface area (Å²) in [5.41, 5.74) is -5.59. The molecule has 3 rings (SSSR count). The number of alkyl halides is 3. The van der Waals surface area contributed by atoms with Crippen molar-refractivity contribution in [1.29, 1.82) is 0 Å². The molecule has 33 heavy (non-hydrogen) atoms. The molecule has 0 bridgehead atoms. The summed E-state index contributed by atoms with van der Waals surface area (Å²) >= 11 is 6.74. The maximum absolute atomic E-state index is 14.6. The summed E-state index contributed by atoms with van der Waals surface area (Å²) in [7, 11) is -3.93. The summed E-state index contributed by atoms with van der Waals surface area (Å²) in [6.45, 7) is 0. The molecule has 1 saturated heterocycles. The van der Waals surface area contributed by atoms with Crippen LogP contribution < -0.4 is 11.2 Å². The van der Waals surface area contributed by atoms with Gasteiger partial charge >= 0.3 is 19.5 Å². The zero-order chi connectivity index (χ0) is 24.9. The Kier molecular flexibility index (Phi) is 6.65. The molecule has 2 aromatic rings. The number of nitrogens with zero attached hydrogens (tertiary/aromatic N) is 4. The van der Waals surface area contributed by atoms with E-state index in [9.17, 15) is 36.5 Å². The number of thioether (sulfide) groups is 1. The normalized spacial score (nSPS) is 16.2. The quantitative estimate of drug-likeness (QED) is 0.456. The van der Waals surface area contributed by atoms with Crippen LogP contribution in [0.1, 0.15) is 5.69 Å². The van der Waals surface area contributed by atoms with E-state index >= 15 is 0 Å². The van der Waals surface area contributed by atoms with E-state index < -0.39 is 54.4 Å². The van der Waals surface area contributed by atoms with Crippen LogP contribution in [0.5, 0.6) is 0 Å². The Bertz CT molecular complexity index is 1350. The molecule has 178 valence electrons. The van der Waals surface area contributed by atoms with Crippen LogP contribution in [0.2, 0.25) is 5.02 Å². The number of amides is 1. The van der Waals surface area contributed by atoms with Gasteiger partial charge in [-0.05, 0) is 12.1 Å². The second-order valence-electron chi connectivity index (χ2n) is 6.61. The van der Waals surface area contributed by atoms with Crippen molar-refractivity contribution in [3.8, 4) is 5.69 Å². The maximum Gasteiger partial charge on any atom is 0.431 e. The van der Waals surface area contributed by atoms with E-state index in [1.165, 1.54) is 0 Å². The Labute approximate surface area is 190 Å². The molecule has 0 saturated carbocycles. The monoisotopic (exact) mass is 530 g/mol. The number of carbonyl (C=O) groups is 1. The summed E-state index contributed by atoms with van der Waals surface area (Å²) in [5, 5.41) is -0.563. The van der Waals surface area contributed by atoms with Gasteiger partial charge in [-0.3, -0.25) is 23.6 Å². The molecule has 1 aromatic carbocycles. The molecule has 17 heteroatoms. The third-order valence-corrected chi connectivity index (χ3v) is 6.18. The van der Waals surface area contributed by atoms with Crippen molar-refractivity contribution in [3.05, 3.63) is 55.6 Å². The fourth-order valence-electron chi connectivity index (χ4n) is 2.81. The number of rotatable bonds is 4. The predicted molar refractivity (Wildman–Crippen MR) is 111 cm³/mol. The number of aliphatic imine (C=N–C) groups is 1. The van der Waals surface area contributed by atoms with E-state index in [1.807, 2.05) is 0 Å². The lowest BCUT2D eigenvalue weighted by Crippen LogP contribution is -2.41. The minimum absolute atomic E-state index is 0.119. The molecule has 1 fully saturated rings. The number of hydrogen-bond acceptors (Lipinski definition) is 6. The summed E-state index contributed by atoms with van der Waals surface area (Å²) in [5.74, 6) is -2.11. The first-order valence-corrected chi connectivity index (χ1v) is 11.7. The maximum atomic E-state index is 14.6. The van der Waals surface area contributed by atoms with Gasteiger partial charge in [0.15, 0.2) is 5.17 Å². The largest absolute Gasteiger partial charge is 0.431 e. The molecule has 1 amide bonds. The predicted octanol–water partition coefficient (Wildman–Crippen LogP) is 2.05. The highest BCUT2D eigenvalue weighted by Gasteiger charge is 2.36. The zero-order valence-corrected chi connectivity index (χ0v) is 18.7. The van der Waals surface area contributed by atoms with Gasteiger partial charge in [-0.15, -0.1) is 0 Å². The van der Waals surface area contributed by atoms with Gasteiger partial charge in [-0.2, -0.15) is 13.2 Å². The molecule has 1 aliphatic heterocycles. The lowest BCUT2D eigenvalue weighted by atomic mass is 10.2. The van der Waals surface area contributed by atoms with Crippen LogP contribution in [-0.4, -0.2) is 46.9 Å². The van der Waals surface area contributed by atoms with Gasteiger partial charge in [0.05, 0.1) is 22.2 Å². The molecule has 0 atom stereocenters. The third kappa shape index (κ3) is 5.22. The van der Waals surface area contributed by atoms with Crippen LogP contribution >= 0.6 is 31.0 Å². The van der Waals surface area contributed by atoms with Crippen molar-refractivity contribution < 1.29 is 36.7 Å². The summed E-state index contributed by atoms with van der Waals surface area (Å²) < 4.78 is 65.3. The van der Waals surface area contributed by atoms with Gasteiger partial charge in [0.2, 0.25) is 5.91 Å². The summed E-state index contributed by atoms with van der Waals surface area (Å²) in [6, 6.07) is 1.56. The highest BCUT2D eigenvalue weighted by molar-refractivity contribution is 8.15. The van der Waals surface area contributed by atoms with Crippen LogP contribution in [0.25, 0.3) is 5.69 Å². The van der Waals surface area contributed by atoms with Crippen LogP contribution in [0.4, 0.5) is 23.2 Å². The first kappa shape index (κ1) is 25.2. The number of aromatic nitrogens is 2. The standard InChI is InChI=1S/C16H12ClF4N4O6PS/c1-23-11(16(19,20)21)4-12(26)25(15(23)28)10-3-9(7(17)2-8(10)18)22-14-24(6-32(29,30)31)13(27)5-33-14/h2-4H,5-6H2,1H3,(H2,29,30,31). The van der Waals surface area contributed by atoms with Gasteiger partial charge < -0.3 is 9.79 Å². The number of hydrogen-bond donors (Lipinski definition) is 2. The molecule has 0 unspecified atom stereocenters. The van der Waals surface area contributed by atoms with Crippen LogP contribution in [0.3, 0.4) is 0 Å². The molecule has 2 N–H and O–H groups in total. The Morgan fingerprint density at radius 1 is 1.21 bits per heavy atom. The van der Waals surface area contributed by atoms with E-state index in [1.54, 1.807) is 0 Å². The fourth-order valence-corrected chi connectivity index (χ4v) is 4.65. The Morgan fingerprint density at radius 3 is 2.42 bits per heavy atom. The lowest BCUT2D eigenvalue weighted by molar-refractivity contribution is -0.144. The Hall–Kier alpha value is -2.45. The fraction of sp³-hybridized carbons (Fsp3) is 0.250. The van der Waals surface area contributed by atoms with E-state index in [4.69, 9.17) is 21.4 Å². The van der Waals surface area contributed by atoms with Gasteiger partial charge in [-0.1, -0.05) is 23.4 Å². The van der Waals surface area contributed by atoms with Crippen molar-refractivity contribution in [2.45, 2.75) is 6.18 Å². The van der Waals surface area contributed by atoms with Gasteiger partial charge in [-0.25, -0.2) is 18.7 Å². The van der Waals surface area contributed by atoms with Crippen molar-refractivity contribution in [3.63, 3.8) is 0 Å². The Balaban J connectivity index is 2.18. The second-order valence-corrected chi connectivity index (χ2v) is 9.57. The number of halogens is 5. The Morgan fingerprint density at radius 2 is 1.85 bits per heavy atom. The van der Waals surface area contributed by atoms with Crippen LogP contribution in [-0.2, 0) is 22.6 Å². The van der Waals surface area contributed by atoms with Crippen molar-refractivity contribution in [2.75, 3.05) is 12.0 Å². The average molecular weight is 531 g/mol. The molecular weight excluding hydrogens is 519 g/mol. The molecule has 0 aliphatic carbocycles. The number of amidine groups is 1. The highest BCUT2D eigenvalue weighted by atomic mass is 35.5. The third-order valence-electron chi connectivity index (χ3n) is 4.27. The van der Waals surface area contributed by atoms with Crippen LogP contribution in [0, 0.1) is 5.82 Å². The smallest absolute Gasteiger partial charge is 0.323 e. The molecule has 1 aliphatic rings. The first-order valence-electron chi connectivity index (χ1n) is 8.56. The second kappa shape index (κ2) is 8.72. The number of benzene rings is 1. The minimum Gasteiger partial charge on any atom is -0.323 e. The highest BCUT2D eigenvalue weighted by Crippen LogP contribution is 2.39. The first-order chi connectivity index (χ1) is 15.1. The van der Waals surface area contributed by atoms with Gasteiger partial charge in [0.1, 0.15) is 17.8 Å². The van der Waals surface area contributed by atoms with Crippen molar-refractivity contribution in [1.82, 2.24) is 14.0 Å². The molecular formula is C16H12ClF4N4O6PS. The van der Waals surface area contributed by atoms with E-state index in [-0.39, 0.29) is 36.8 Å². The van der Waals surface area contributed by atoms with E-state index in [0.717, 1.165) is 24.9 Å². The average Bonchev–Trinajstić information content (AvgIpc) is 2.99. The lowest BCUT2D eigenvalue weighted by Gasteiger charge is -2.17. The van der Waals surface area contributed by atoms with Crippen molar-refractivity contribution >= 4 is 47.7 Å². The van der Waals surface area contributed by atoms with Crippen LogP contribution in [0.15, 0.2) is 32.8 Å². The molecule has 2 heterocycles. The topological polar surface area (TPSA) is 134 Å². The van der Waals surface area contributed by atoms with Crippen molar-refractivity contribution in [2.24, 2.45) is 12.0 Å². The zero-order valence-electron chi connectivity index (χ0n) is 16.2. The SMILES string of the molecule is Cn1c(C(F)(F)F)cc(=O)n(-c2cc(N=C3SCC(=O)N3CP(=O)(O)O)c(Cl)cc2F)c1=O. The summed E-state index contributed by atoms with van der Waals surface area (Å²) in [4.78, 5) is 59.6.